The first-order valence-electron chi connectivity index (χ1n) is 8.84. The van der Waals surface area contributed by atoms with Gasteiger partial charge in [-0.3, -0.25) is 9.59 Å². The number of piperidine rings is 1. The van der Waals surface area contributed by atoms with E-state index >= 15 is 0 Å². The van der Waals surface area contributed by atoms with Crippen LogP contribution < -0.4 is 10.5 Å². The lowest BCUT2D eigenvalue weighted by Crippen LogP contribution is -3.15. The van der Waals surface area contributed by atoms with Gasteiger partial charge in [-0.25, -0.2) is 0 Å². The van der Waals surface area contributed by atoms with Crippen molar-refractivity contribution in [3.63, 3.8) is 0 Å². The van der Waals surface area contributed by atoms with Gasteiger partial charge in [-0.05, 0) is 43.2 Å². The largest absolute Gasteiger partial charge is 0.328 e. The molecule has 4 rings (SSSR count). The molecule has 0 spiro atoms. The van der Waals surface area contributed by atoms with E-state index in [2.05, 4.69) is 6.07 Å². The summed E-state index contributed by atoms with van der Waals surface area (Å²) in [6, 6.07) is 11.0. The minimum atomic E-state index is 0.100. The second-order valence-electron chi connectivity index (χ2n) is 7.42. The topological polar surface area (TPSA) is 43.5 Å². The zero-order valence-electron chi connectivity index (χ0n) is 14.3. The van der Waals surface area contributed by atoms with Gasteiger partial charge in [0.2, 0.25) is 5.78 Å². The normalized spacial score (nSPS) is 24.6. The Hall–Kier alpha value is -1.91. The van der Waals surface area contributed by atoms with Crippen molar-refractivity contribution < 1.29 is 9.69 Å². The van der Waals surface area contributed by atoms with Crippen molar-refractivity contribution in [2.75, 3.05) is 19.6 Å². The van der Waals surface area contributed by atoms with E-state index in [4.69, 9.17) is 11.6 Å². The third-order valence-electron chi connectivity index (χ3n) is 5.57. The zero-order valence-corrected chi connectivity index (χ0v) is 15.1. The number of nitrogens with zero attached hydrogens (tertiary/aromatic N) is 1. The van der Waals surface area contributed by atoms with Gasteiger partial charge in [0.1, 0.15) is 6.54 Å². The van der Waals surface area contributed by atoms with Crippen LogP contribution in [0.15, 0.2) is 41.2 Å². The Morgan fingerprint density at radius 1 is 1.28 bits per heavy atom. The van der Waals surface area contributed by atoms with E-state index in [1.54, 1.807) is 12.1 Å². The molecule has 1 unspecified atom stereocenters. The van der Waals surface area contributed by atoms with Crippen LogP contribution in [0.5, 0.6) is 0 Å². The van der Waals surface area contributed by atoms with Crippen molar-refractivity contribution in [3.05, 3.63) is 68.6 Å². The third-order valence-corrected chi connectivity index (χ3v) is 5.81. The van der Waals surface area contributed by atoms with E-state index in [9.17, 15) is 9.59 Å². The molecule has 2 bridgehead atoms. The van der Waals surface area contributed by atoms with Crippen LogP contribution >= 0.6 is 11.6 Å². The molecule has 5 heteroatoms. The summed E-state index contributed by atoms with van der Waals surface area (Å²) in [7, 11) is 0. The lowest BCUT2D eigenvalue weighted by molar-refractivity contribution is -0.902. The number of benzene rings is 1. The Morgan fingerprint density at radius 2 is 2.12 bits per heavy atom. The van der Waals surface area contributed by atoms with Gasteiger partial charge in [0.25, 0.3) is 5.56 Å². The summed E-state index contributed by atoms with van der Waals surface area (Å²) in [5, 5.41) is 0.663. The number of rotatable bonds is 3. The number of hydrogen-bond donors (Lipinski definition) is 1. The Labute approximate surface area is 152 Å². The Balaban J connectivity index is 1.53. The van der Waals surface area contributed by atoms with Gasteiger partial charge in [-0.15, -0.1) is 0 Å². The number of halogens is 1. The van der Waals surface area contributed by atoms with Gasteiger partial charge in [-0.2, -0.15) is 0 Å². The highest BCUT2D eigenvalue weighted by Gasteiger charge is 2.37. The molecule has 130 valence electrons. The number of quaternary nitrogens is 1. The maximum Gasteiger partial charge on any atom is 0.250 e. The number of hydrogen-bond acceptors (Lipinski definition) is 2. The van der Waals surface area contributed by atoms with E-state index in [-0.39, 0.29) is 11.3 Å². The fraction of sp³-hybridized carbons (Fsp3) is 0.400. The molecule has 0 aliphatic carbocycles. The SMILES string of the molecule is Cc1cc(Cl)ccc1C(=O)C[NH+]1C[C@@H]2C[C@H](C1)c1cccc(=O)n1C2. The van der Waals surface area contributed by atoms with E-state index < -0.39 is 0 Å². The molecule has 1 aromatic carbocycles. The summed E-state index contributed by atoms with van der Waals surface area (Å²) in [6.45, 7) is 5.09. The van der Waals surface area contributed by atoms with Gasteiger partial charge in [0, 0.05) is 40.7 Å². The van der Waals surface area contributed by atoms with Gasteiger partial charge in [0.05, 0.1) is 13.1 Å². The van der Waals surface area contributed by atoms with Crippen LogP contribution in [0, 0.1) is 12.8 Å². The molecular formula is C20H22ClN2O2+. The predicted octanol–water partition coefficient (Wildman–Crippen LogP) is 1.70. The average molecular weight is 358 g/mol. The van der Waals surface area contributed by atoms with Crippen LogP contribution in [0.2, 0.25) is 5.02 Å². The molecular weight excluding hydrogens is 336 g/mol. The van der Waals surface area contributed by atoms with Crippen molar-refractivity contribution in [3.8, 4) is 0 Å². The molecule has 1 aromatic heterocycles. The molecule has 4 nitrogen and oxygen atoms in total. The molecule has 3 heterocycles. The Kier molecular flexibility index (Phi) is 4.26. The lowest BCUT2D eigenvalue weighted by Gasteiger charge is -2.40. The summed E-state index contributed by atoms with van der Waals surface area (Å²) in [6.07, 6.45) is 1.13. The summed E-state index contributed by atoms with van der Waals surface area (Å²) < 4.78 is 1.93. The van der Waals surface area contributed by atoms with Crippen LogP contribution in [-0.4, -0.2) is 30.0 Å². The van der Waals surface area contributed by atoms with Crippen molar-refractivity contribution in [2.24, 2.45) is 5.92 Å². The van der Waals surface area contributed by atoms with E-state index in [1.807, 2.05) is 29.7 Å². The number of fused-ring (bicyclic) bond motifs is 4. The van der Waals surface area contributed by atoms with Crippen molar-refractivity contribution in [1.29, 1.82) is 0 Å². The summed E-state index contributed by atoms with van der Waals surface area (Å²) in [5.74, 6) is 1.02. The fourth-order valence-electron chi connectivity index (χ4n) is 4.53. The number of likely N-dealkylation sites (tertiary alicyclic amines) is 1. The highest BCUT2D eigenvalue weighted by Crippen LogP contribution is 2.30. The van der Waals surface area contributed by atoms with E-state index in [0.29, 0.717) is 23.4 Å². The van der Waals surface area contributed by atoms with Gasteiger partial charge in [0.15, 0.2) is 0 Å². The molecule has 1 saturated heterocycles. The predicted molar refractivity (Wildman–Crippen MR) is 97.6 cm³/mol. The molecule has 2 aliphatic rings. The quantitative estimate of drug-likeness (QED) is 0.850. The number of nitrogens with one attached hydrogen (secondary N) is 1. The summed E-state index contributed by atoms with van der Waals surface area (Å²) in [5.41, 5.74) is 2.94. The van der Waals surface area contributed by atoms with Gasteiger partial charge < -0.3 is 9.47 Å². The average Bonchev–Trinajstić information content (AvgIpc) is 2.55. The number of carbonyl (C=O) groups excluding carboxylic acids is 1. The second kappa shape index (κ2) is 6.43. The van der Waals surface area contributed by atoms with E-state index in [1.165, 1.54) is 4.90 Å². The number of carbonyl (C=O) groups is 1. The van der Waals surface area contributed by atoms with Crippen LogP contribution in [0.4, 0.5) is 0 Å². The molecule has 25 heavy (non-hydrogen) atoms. The van der Waals surface area contributed by atoms with E-state index in [0.717, 1.165) is 42.9 Å². The molecule has 0 radical (unpaired) electrons. The first-order chi connectivity index (χ1) is 12.0. The minimum absolute atomic E-state index is 0.100. The van der Waals surface area contributed by atoms with Crippen LogP contribution in [0.3, 0.4) is 0 Å². The Bertz CT molecular complexity index is 890. The summed E-state index contributed by atoms with van der Waals surface area (Å²) >= 11 is 5.99. The zero-order chi connectivity index (χ0) is 17.6. The van der Waals surface area contributed by atoms with Crippen LogP contribution in [-0.2, 0) is 6.54 Å². The first kappa shape index (κ1) is 16.6. The molecule has 1 N–H and O–H groups in total. The van der Waals surface area contributed by atoms with Crippen molar-refractivity contribution >= 4 is 17.4 Å². The van der Waals surface area contributed by atoms with Crippen molar-refractivity contribution in [2.45, 2.75) is 25.8 Å². The fourth-order valence-corrected chi connectivity index (χ4v) is 4.75. The first-order valence-corrected chi connectivity index (χ1v) is 9.21. The highest BCUT2D eigenvalue weighted by molar-refractivity contribution is 6.30. The second-order valence-corrected chi connectivity index (χ2v) is 7.85. The van der Waals surface area contributed by atoms with Crippen LogP contribution in [0.1, 0.15) is 34.0 Å². The molecule has 3 atom stereocenters. The lowest BCUT2D eigenvalue weighted by atomic mass is 9.83. The monoisotopic (exact) mass is 357 g/mol. The van der Waals surface area contributed by atoms with Crippen molar-refractivity contribution in [1.82, 2.24) is 4.57 Å². The third kappa shape index (κ3) is 3.16. The molecule has 2 aromatic rings. The maximum absolute atomic E-state index is 12.7. The standard InChI is InChI=1S/C20H21ClN2O2/c1-13-7-16(21)5-6-17(13)19(24)12-22-9-14-8-15(11-22)18-3-2-4-20(25)23(18)10-14/h2-7,14-15H,8-12H2,1H3/p+1/t14-,15+/m0/s1. The number of aryl methyl sites for hydroxylation is 1. The maximum atomic E-state index is 12.7. The smallest absolute Gasteiger partial charge is 0.250 e. The molecule has 0 amide bonds. The number of pyridine rings is 1. The number of aromatic nitrogens is 1. The summed E-state index contributed by atoms with van der Waals surface area (Å²) in [4.78, 5) is 26.2. The Morgan fingerprint density at radius 3 is 2.92 bits per heavy atom. The minimum Gasteiger partial charge on any atom is -0.328 e. The molecule has 0 saturated carbocycles. The number of ketones is 1. The molecule has 1 fully saturated rings. The van der Waals surface area contributed by atoms with Crippen LogP contribution in [0.25, 0.3) is 0 Å². The number of Topliss-reactive ketones (excluding diaryl/α,β-unsaturated/α-hetero) is 1. The molecule has 2 aliphatic heterocycles. The van der Waals surface area contributed by atoms with Gasteiger partial charge >= 0.3 is 0 Å². The highest BCUT2D eigenvalue weighted by atomic mass is 35.5. The van der Waals surface area contributed by atoms with Gasteiger partial charge in [-0.1, -0.05) is 17.7 Å².